The predicted octanol–water partition coefficient (Wildman–Crippen LogP) is 1.61. The van der Waals surface area contributed by atoms with E-state index in [4.69, 9.17) is 21.4 Å². The fraction of sp³-hybridized carbons (Fsp3) is 0.190. The molecule has 0 aliphatic carbocycles. The Bertz CT molecular complexity index is 1140. The van der Waals surface area contributed by atoms with E-state index in [-0.39, 0.29) is 22.9 Å². The third-order valence-corrected chi connectivity index (χ3v) is 4.59. The lowest BCUT2D eigenvalue weighted by Crippen LogP contribution is -2.21. The number of aromatic amines is 1. The average Bonchev–Trinajstić information content (AvgIpc) is 2.75. The highest BCUT2D eigenvalue weighted by molar-refractivity contribution is 5.88. The quantitative estimate of drug-likeness (QED) is 0.267. The molecule has 1 aromatic heterocycles. The summed E-state index contributed by atoms with van der Waals surface area (Å²) in [4.78, 5) is 32.2. The zero-order valence-corrected chi connectivity index (χ0v) is 17.2. The number of nitrogens with one attached hydrogen (secondary N) is 2. The molecule has 0 fully saturated rings. The molecule has 162 valence electrons. The number of carbonyl (C=O) groups is 1. The number of hydrazine groups is 1. The van der Waals surface area contributed by atoms with Crippen molar-refractivity contribution in [2.75, 3.05) is 38.4 Å². The first kappa shape index (κ1) is 21.8. The topological polar surface area (TPSA) is 160 Å². The molecule has 0 aliphatic rings. The van der Waals surface area contributed by atoms with Gasteiger partial charge < -0.3 is 30.9 Å². The van der Waals surface area contributed by atoms with Crippen molar-refractivity contribution < 1.29 is 14.6 Å². The van der Waals surface area contributed by atoms with Crippen LogP contribution in [0.4, 0.5) is 11.5 Å². The van der Waals surface area contributed by atoms with Crippen molar-refractivity contribution in [3.05, 3.63) is 58.4 Å². The standard InChI is InChI=1S/C21H24N6O4/c1-27(2)9-10-31-16-11-14(12-3-5-13(6-4-12)21(29)30)7-8-15(16)18-24-19(26-23)17(22)20(28)25-18/h3-8,11H,9-10,22-23H2,1-2H3,(H,29,30)(H2,24,25,26,28). The van der Waals surface area contributed by atoms with Gasteiger partial charge in [0.1, 0.15) is 23.9 Å². The minimum absolute atomic E-state index is 0.0614. The molecular formula is C21H24N6O4. The number of hydrogen-bond acceptors (Lipinski definition) is 8. The summed E-state index contributed by atoms with van der Waals surface area (Å²) < 4.78 is 5.99. The van der Waals surface area contributed by atoms with E-state index in [9.17, 15) is 9.59 Å². The summed E-state index contributed by atoms with van der Waals surface area (Å²) in [5.41, 5.74) is 9.77. The molecule has 1 heterocycles. The Morgan fingerprint density at radius 2 is 1.87 bits per heavy atom. The van der Waals surface area contributed by atoms with E-state index in [2.05, 4.69) is 15.4 Å². The Hall–Kier alpha value is -3.89. The number of likely N-dealkylation sites (N-methyl/N-ethyl adjacent to an activating group) is 1. The summed E-state index contributed by atoms with van der Waals surface area (Å²) in [6.45, 7) is 1.08. The largest absolute Gasteiger partial charge is 0.491 e. The van der Waals surface area contributed by atoms with Gasteiger partial charge in [0, 0.05) is 6.54 Å². The molecular weight excluding hydrogens is 400 g/mol. The molecule has 0 saturated carbocycles. The molecule has 3 aromatic rings. The van der Waals surface area contributed by atoms with Crippen molar-refractivity contribution in [3.63, 3.8) is 0 Å². The molecule has 0 amide bonds. The first-order valence-electron chi connectivity index (χ1n) is 9.42. The molecule has 0 spiro atoms. The zero-order chi connectivity index (χ0) is 22.5. The molecule has 0 radical (unpaired) electrons. The fourth-order valence-corrected chi connectivity index (χ4v) is 2.88. The number of anilines is 2. The SMILES string of the molecule is CN(C)CCOc1cc(-c2ccc(C(=O)O)cc2)ccc1-c1nc(NN)c(N)c(=O)[nH]1. The maximum Gasteiger partial charge on any atom is 0.335 e. The van der Waals surface area contributed by atoms with E-state index in [1.54, 1.807) is 18.2 Å². The normalized spacial score (nSPS) is 10.8. The third kappa shape index (κ3) is 5.00. The Kier molecular flexibility index (Phi) is 6.53. The lowest BCUT2D eigenvalue weighted by atomic mass is 10.0. The molecule has 0 saturated heterocycles. The van der Waals surface area contributed by atoms with Gasteiger partial charge in [-0.25, -0.2) is 15.6 Å². The molecule has 31 heavy (non-hydrogen) atoms. The summed E-state index contributed by atoms with van der Waals surface area (Å²) in [5.74, 6) is 5.25. The van der Waals surface area contributed by atoms with Crippen molar-refractivity contribution in [1.29, 1.82) is 0 Å². The van der Waals surface area contributed by atoms with Crippen LogP contribution in [0, 0.1) is 0 Å². The van der Waals surface area contributed by atoms with Gasteiger partial charge in [-0.15, -0.1) is 0 Å². The maximum atomic E-state index is 12.2. The van der Waals surface area contributed by atoms with Crippen molar-refractivity contribution >= 4 is 17.5 Å². The second kappa shape index (κ2) is 9.28. The average molecular weight is 424 g/mol. The monoisotopic (exact) mass is 424 g/mol. The van der Waals surface area contributed by atoms with E-state index in [0.29, 0.717) is 24.5 Å². The molecule has 0 atom stereocenters. The highest BCUT2D eigenvalue weighted by Gasteiger charge is 2.15. The second-order valence-electron chi connectivity index (χ2n) is 7.07. The summed E-state index contributed by atoms with van der Waals surface area (Å²) in [6.07, 6.45) is 0. The number of rotatable bonds is 8. The minimum Gasteiger partial charge on any atom is -0.491 e. The molecule has 0 aliphatic heterocycles. The molecule has 0 unspecified atom stereocenters. The first-order chi connectivity index (χ1) is 14.8. The van der Waals surface area contributed by atoms with E-state index < -0.39 is 11.5 Å². The maximum absolute atomic E-state index is 12.2. The molecule has 7 N–H and O–H groups in total. The van der Waals surface area contributed by atoms with Crippen LogP contribution in [0.5, 0.6) is 5.75 Å². The lowest BCUT2D eigenvalue weighted by Gasteiger charge is -2.16. The van der Waals surface area contributed by atoms with Gasteiger partial charge in [-0.3, -0.25) is 4.79 Å². The lowest BCUT2D eigenvalue weighted by molar-refractivity contribution is 0.0697. The van der Waals surface area contributed by atoms with Crippen LogP contribution in [0.25, 0.3) is 22.5 Å². The Labute approximate surface area is 178 Å². The highest BCUT2D eigenvalue weighted by atomic mass is 16.5. The fourth-order valence-electron chi connectivity index (χ4n) is 2.88. The van der Waals surface area contributed by atoms with Gasteiger partial charge in [0.25, 0.3) is 5.56 Å². The van der Waals surface area contributed by atoms with Gasteiger partial charge in [0.15, 0.2) is 5.82 Å². The number of carboxylic acid groups (broad SMARTS) is 1. The number of benzene rings is 2. The molecule has 0 bridgehead atoms. The predicted molar refractivity (Wildman–Crippen MR) is 119 cm³/mol. The molecule has 10 heteroatoms. The van der Waals surface area contributed by atoms with Gasteiger partial charge in [0.05, 0.1) is 11.1 Å². The highest BCUT2D eigenvalue weighted by Crippen LogP contribution is 2.33. The van der Waals surface area contributed by atoms with Crippen LogP contribution in [-0.2, 0) is 0 Å². The Balaban J connectivity index is 2.05. The Morgan fingerprint density at radius 3 is 2.48 bits per heavy atom. The molecule has 3 rings (SSSR count). The molecule has 10 nitrogen and oxygen atoms in total. The van der Waals surface area contributed by atoms with Gasteiger partial charge >= 0.3 is 5.97 Å². The Morgan fingerprint density at radius 1 is 1.19 bits per heavy atom. The van der Waals surface area contributed by atoms with Crippen molar-refractivity contribution in [3.8, 4) is 28.3 Å². The minimum atomic E-state index is -0.989. The van der Waals surface area contributed by atoms with E-state index in [1.165, 1.54) is 12.1 Å². The van der Waals surface area contributed by atoms with Crippen LogP contribution in [0.2, 0.25) is 0 Å². The third-order valence-electron chi connectivity index (χ3n) is 4.59. The van der Waals surface area contributed by atoms with Gasteiger partial charge in [-0.05, 0) is 49.5 Å². The first-order valence-corrected chi connectivity index (χ1v) is 9.42. The number of nitrogen functional groups attached to an aromatic ring is 2. The van der Waals surface area contributed by atoms with Crippen LogP contribution in [-0.4, -0.2) is 53.2 Å². The number of carboxylic acids is 1. The number of nitrogens with zero attached hydrogens (tertiary/aromatic N) is 2. The zero-order valence-electron chi connectivity index (χ0n) is 17.2. The number of hydrogen-bond donors (Lipinski definition) is 5. The van der Waals surface area contributed by atoms with Crippen molar-refractivity contribution in [2.45, 2.75) is 0 Å². The summed E-state index contributed by atoms with van der Waals surface area (Å²) in [7, 11) is 3.87. The van der Waals surface area contributed by atoms with E-state index in [1.807, 2.05) is 31.1 Å². The van der Waals surface area contributed by atoms with Crippen LogP contribution in [0.3, 0.4) is 0 Å². The van der Waals surface area contributed by atoms with Gasteiger partial charge in [-0.2, -0.15) is 0 Å². The van der Waals surface area contributed by atoms with E-state index in [0.717, 1.165) is 11.1 Å². The van der Waals surface area contributed by atoms with Crippen molar-refractivity contribution in [2.24, 2.45) is 5.84 Å². The summed E-state index contributed by atoms with van der Waals surface area (Å²) >= 11 is 0. The van der Waals surface area contributed by atoms with Crippen LogP contribution >= 0.6 is 0 Å². The smallest absolute Gasteiger partial charge is 0.335 e. The second-order valence-corrected chi connectivity index (χ2v) is 7.07. The number of H-pyrrole nitrogens is 1. The summed E-state index contributed by atoms with van der Waals surface area (Å²) in [5, 5.41) is 9.10. The number of aromatic carboxylic acids is 1. The summed E-state index contributed by atoms with van der Waals surface area (Å²) in [6, 6.07) is 11.9. The van der Waals surface area contributed by atoms with Crippen LogP contribution < -0.4 is 27.3 Å². The van der Waals surface area contributed by atoms with Gasteiger partial charge in [0.2, 0.25) is 0 Å². The van der Waals surface area contributed by atoms with Crippen LogP contribution in [0.1, 0.15) is 10.4 Å². The number of aromatic nitrogens is 2. The van der Waals surface area contributed by atoms with Crippen molar-refractivity contribution in [1.82, 2.24) is 14.9 Å². The van der Waals surface area contributed by atoms with Crippen LogP contribution in [0.15, 0.2) is 47.3 Å². The number of nitrogens with two attached hydrogens (primary N) is 2. The van der Waals surface area contributed by atoms with Gasteiger partial charge in [-0.1, -0.05) is 18.2 Å². The van der Waals surface area contributed by atoms with E-state index >= 15 is 0 Å². The molecule has 2 aromatic carbocycles. The number of ether oxygens (including phenoxy) is 1.